The molecule has 2 N–H and O–H groups in total. The van der Waals surface area contributed by atoms with E-state index in [4.69, 9.17) is 4.74 Å². The van der Waals surface area contributed by atoms with Crippen LogP contribution in [0.4, 0.5) is 10.5 Å². The molecule has 33 heavy (non-hydrogen) atoms. The number of urea groups is 1. The average Bonchev–Trinajstić information content (AvgIpc) is 2.83. The smallest absolute Gasteiger partial charge is 0.321 e. The van der Waals surface area contributed by atoms with Crippen LogP contribution in [-0.2, 0) is 19.7 Å². The summed E-state index contributed by atoms with van der Waals surface area (Å²) in [6.45, 7) is 1.13. The van der Waals surface area contributed by atoms with Crippen LogP contribution in [0.2, 0.25) is 0 Å². The monoisotopic (exact) mass is 449 g/mol. The zero-order chi connectivity index (χ0) is 23.1. The number of carbonyl (C=O) groups is 3. The highest BCUT2D eigenvalue weighted by Gasteiger charge is 2.38. The van der Waals surface area contributed by atoms with Gasteiger partial charge in [0.1, 0.15) is 0 Å². The predicted octanol–water partition coefficient (Wildman–Crippen LogP) is 3.71. The van der Waals surface area contributed by atoms with Crippen molar-refractivity contribution in [3.8, 4) is 0 Å². The zero-order valence-corrected chi connectivity index (χ0v) is 18.8. The number of ether oxygens (including phenoxy) is 1. The average molecular weight is 450 g/mol. The molecule has 0 bridgehead atoms. The molecule has 1 aliphatic heterocycles. The minimum atomic E-state index is -0.427. The summed E-state index contributed by atoms with van der Waals surface area (Å²) in [6.07, 6.45) is 4.59. The molecule has 7 nitrogen and oxygen atoms in total. The van der Waals surface area contributed by atoms with E-state index in [-0.39, 0.29) is 30.5 Å². The first-order chi connectivity index (χ1) is 16.1. The highest BCUT2D eigenvalue weighted by molar-refractivity contribution is 5.90. The van der Waals surface area contributed by atoms with E-state index in [1.54, 1.807) is 4.90 Å². The van der Waals surface area contributed by atoms with Gasteiger partial charge in [-0.05, 0) is 43.4 Å². The molecular formula is C26H31N3O4. The van der Waals surface area contributed by atoms with Crippen molar-refractivity contribution in [1.29, 1.82) is 0 Å². The van der Waals surface area contributed by atoms with E-state index < -0.39 is 11.9 Å². The first-order valence-corrected chi connectivity index (χ1v) is 11.7. The quantitative estimate of drug-likeness (QED) is 0.631. The number of anilines is 1. The third-order valence-electron chi connectivity index (χ3n) is 6.73. The summed E-state index contributed by atoms with van der Waals surface area (Å²) in [5.41, 5.74) is 1.94. The van der Waals surface area contributed by atoms with E-state index in [1.165, 1.54) is 5.56 Å². The van der Waals surface area contributed by atoms with Crippen LogP contribution in [0.5, 0.6) is 0 Å². The molecule has 1 heterocycles. The standard InChI is InChI=1S/C26H31N3O4/c30-23(27-19-26(14-8-15-26)21-10-3-1-4-11-21)18-33-24(31)20-9-7-16-29(17-20)25(32)28-22-12-5-2-6-13-22/h1-6,10-13,20H,7-9,14-19H2,(H,27,30)(H,28,32). The SMILES string of the molecule is O=C(COC(=O)C1CCCN(C(=O)Nc2ccccc2)C1)NCC1(c2ccccc2)CCC1. The fraction of sp³-hybridized carbons (Fsp3) is 0.423. The minimum Gasteiger partial charge on any atom is -0.455 e. The Labute approximate surface area is 194 Å². The van der Waals surface area contributed by atoms with Gasteiger partial charge in [-0.1, -0.05) is 55.0 Å². The first-order valence-electron chi connectivity index (χ1n) is 11.7. The molecule has 1 unspecified atom stereocenters. The van der Waals surface area contributed by atoms with Crippen molar-refractivity contribution in [1.82, 2.24) is 10.2 Å². The second-order valence-corrected chi connectivity index (χ2v) is 8.97. The fourth-order valence-corrected chi connectivity index (χ4v) is 4.61. The Morgan fingerprint density at radius 3 is 2.33 bits per heavy atom. The Hall–Kier alpha value is -3.35. The lowest BCUT2D eigenvalue weighted by atomic mass is 9.64. The van der Waals surface area contributed by atoms with Crippen LogP contribution in [0.15, 0.2) is 60.7 Å². The maximum Gasteiger partial charge on any atom is 0.321 e. The first kappa shape index (κ1) is 22.8. The van der Waals surface area contributed by atoms with Crippen molar-refractivity contribution in [2.24, 2.45) is 5.92 Å². The number of amides is 3. The molecule has 174 valence electrons. The molecule has 1 saturated heterocycles. The lowest BCUT2D eigenvalue weighted by molar-refractivity contribution is -0.154. The molecule has 2 aromatic carbocycles. The summed E-state index contributed by atoms with van der Waals surface area (Å²) in [7, 11) is 0. The van der Waals surface area contributed by atoms with E-state index in [0.29, 0.717) is 31.6 Å². The molecule has 4 rings (SSSR count). The van der Waals surface area contributed by atoms with Crippen LogP contribution in [0.25, 0.3) is 0 Å². The van der Waals surface area contributed by atoms with Crippen molar-refractivity contribution < 1.29 is 19.1 Å². The topological polar surface area (TPSA) is 87.7 Å². The summed E-state index contributed by atoms with van der Waals surface area (Å²) in [6, 6.07) is 19.2. The van der Waals surface area contributed by atoms with Crippen molar-refractivity contribution in [3.05, 3.63) is 66.2 Å². The number of nitrogens with zero attached hydrogens (tertiary/aromatic N) is 1. The lowest BCUT2D eigenvalue weighted by Gasteiger charge is -2.42. The number of hydrogen-bond donors (Lipinski definition) is 2. The Morgan fingerprint density at radius 1 is 0.970 bits per heavy atom. The zero-order valence-electron chi connectivity index (χ0n) is 18.8. The highest BCUT2D eigenvalue weighted by Crippen LogP contribution is 2.43. The van der Waals surface area contributed by atoms with Crippen LogP contribution in [0, 0.1) is 5.92 Å². The van der Waals surface area contributed by atoms with Gasteiger partial charge in [0.05, 0.1) is 5.92 Å². The number of esters is 1. The second-order valence-electron chi connectivity index (χ2n) is 8.97. The molecule has 0 aromatic heterocycles. The largest absolute Gasteiger partial charge is 0.455 e. The van der Waals surface area contributed by atoms with Crippen molar-refractivity contribution in [3.63, 3.8) is 0 Å². The summed E-state index contributed by atoms with van der Waals surface area (Å²) < 4.78 is 5.30. The highest BCUT2D eigenvalue weighted by atomic mass is 16.5. The summed E-state index contributed by atoms with van der Waals surface area (Å²) >= 11 is 0. The normalized spacial score (nSPS) is 19.2. The van der Waals surface area contributed by atoms with Crippen molar-refractivity contribution in [2.45, 2.75) is 37.5 Å². The number of piperidine rings is 1. The van der Waals surface area contributed by atoms with E-state index >= 15 is 0 Å². The van der Waals surface area contributed by atoms with Gasteiger partial charge < -0.3 is 20.3 Å². The fourth-order valence-electron chi connectivity index (χ4n) is 4.61. The molecule has 7 heteroatoms. The van der Waals surface area contributed by atoms with Gasteiger partial charge >= 0.3 is 12.0 Å². The van der Waals surface area contributed by atoms with Gasteiger partial charge in [-0.3, -0.25) is 9.59 Å². The summed E-state index contributed by atoms with van der Waals surface area (Å²) in [5, 5.41) is 5.79. The molecule has 0 radical (unpaired) electrons. The third kappa shape index (κ3) is 5.72. The number of benzene rings is 2. The maximum atomic E-state index is 12.6. The number of rotatable bonds is 7. The lowest BCUT2D eigenvalue weighted by Crippen LogP contribution is -2.47. The number of hydrogen-bond acceptors (Lipinski definition) is 4. The molecule has 0 spiro atoms. The van der Waals surface area contributed by atoms with Crippen LogP contribution in [-0.4, -0.2) is 49.0 Å². The molecule has 1 aliphatic carbocycles. The second kappa shape index (κ2) is 10.5. The Kier molecular flexibility index (Phi) is 7.27. The Morgan fingerprint density at radius 2 is 1.67 bits per heavy atom. The number of nitrogens with one attached hydrogen (secondary N) is 2. The van der Waals surface area contributed by atoms with E-state index in [1.807, 2.05) is 48.5 Å². The van der Waals surface area contributed by atoms with E-state index in [2.05, 4.69) is 22.8 Å². The van der Waals surface area contributed by atoms with Gasteiger partial charge in [0.25, 0.3) is 5.91 Å². The van der Waals surface area contributed by atoms with Crippen molar-refractivity contribution >= 4 is 23.6 Å². The molecule has 3 amide bonds. The van der Waals surface area contributed by atoms with Crippen LogP contribution in [0.3, 0.4) is 0 Å². The predicted molar refractivity (Wildman–Crippen MR) is 126 cm³/mol. The third-order valence-corrected chi connectivity index (χ3v) is 6.73. The van der Waals surface area contributed by atoms with Crippen LogP contribution < -0.4 is 10.6 Å². The number of likely N-dealkylation sites (tertiary alicyclic amines) is 1. The maximum absolute atomic E-state index is 12.6. The van der Waals surface area contributed by atoms with E-state index in [0.717, 1.165) is 19.3 Å². The number of para-hydroxylation sites is 1. The van der Waals surface area contributed by atoms with Crippen LogP contribution >= 0.6 is 0 Å². The van der Waals surface area contributed by atoms with Gasteiger partial charge in [-0.25, -0.2) is 4.79 Å². The van der Waals surface area contributed by atoms with Crippen LogP contribution in [0.1, 0.15) is 37.7 Å². The van der Waals surface area contributed by atoms with Gasteiger partial charge in [-0.2, -0.15) is 0 Å². The molecule has 2 fully saturated rings. The molecular weight excluding hydrogens is 418 g/mol. The van der Waals surface area contributed by atoms with Gasteiger partial charge in [-0.15, -0.1) is 0 Å². The van der Waals surface area contributed by atoms with Gasteiger partial charge in [0.15, 0.2) is 6.61 Å². The van der Waals surface area contributed by atoms with Crippen molar-refractivity contribution in [2.75, 3.05) is 31.6 Å². The Bertz CT molecular complexity index is 960. The molecule has 1 saturated carbocycles. The number of carbonyl (C=O) groups excluding carboxylic acids is 3. The minimum absolute atomic E-state index is 0.0169. The van der Waals surface area contributed by atoms with E-state index in [9.17, 15) is 14.4 Å². The molecule has 2 aromatic rings. The summed E-state index contributed by atoms with van der Waals surface area (Å²) in [4.78, 5) is 39.1. The van der Waals surface area contributed by atoms with Gasteiger partial charge in [0, 0.05) is 30.7 Å². The summed E-state index contributed by atoms with van der Waals surface area (Å²) in [5.74, 6) is -1.14. The molecule has 1 atom stereocenters. The van der Waals surface area contributed by atoms with Gasteiger partial charge in [0.2, 0.25) is 0 Å². The molecule has 2 aliphatic rings. The Balaban J connectivity index is 1.22.